The number of thiophene rings is 1. The van der Waals surface area contributed by atoms with Crippen molar-refractivity contribution in [3.05, 3.63) is 30.3 Å². The fourth-order valence-electron chi connectivity index (χ4n) is 1.31. The van der Waals surface area contributed by atoms with Gasteiger partial charge in [-0.1, -0.05) is 18.2 Å². The topological polar surface area (TPSA) is 38.3 Å². The molecule has 78 valence electrons. The van der Waals surface area contributed by atoms with Gasteiger partial charge in [-0.15, -0.1) is 11.3 Å². The van der Waals surface area contributed by atoms with Crippen molar-refractivity contribution >= 4 is 32.5 Å². The van der Waals surface area contributed by atoms with E-state index in [1.165, 1.54) is 11.3 Å². The standard InChI is InChI=1S/C11H11NO2S/c1-2-14-11(13)12-10-7-8-5-3-4-6-9(8)15-10/h3-7H,2H2,1H3,(H,12,13). The number of hydrogen-bond acceptors (Lipinski definition) is 3. The van der Waals surface area contributed by atoms with Gasteiger partial charge >= 0.3 is 6.09 Å². The first kappa shape index (κ1) is 9.98. The first-order valence-electron chi connectivity index (χ1n) is 4.72. The monoisotopic (exact) mass is 221 g/mol. The molecule has 0 radical (unpaired) electrons. The van der Waals surface area contributed by atoms with Crippen LogP contribution in [0.5, 0.6) is 0 Å². The molecule has 0 spiro atoms. The first-order chi connectivity index (χ1) is 7.29. The molecule has 2 rings (SSSR count). The van der Waals surface area contributed by atoms with E-state index in [1.807, 2.05) is 30.3 Å². The van der Waals surface area contributed by atoms with Crippen molar-refractivity contribution in [2.45, 2.75) is 6.92 Å². The predicted octanol–water partition coefficient (Wildman–Crippen LogP) is 3.47. The second-order valence-corrected chi connectivity index (χ2v) is 4.08. The van der Waals surface area contributed by atoms with Crippen LogP contribution in [0.25, 0.3) is 10.1 Å². The van der Waals surface area contributed by atoms with Gasteiger partial charge in [-0.05, 0) is 24.4 Å². The number of ether oxygens (including phenoxy) is 1. The van der Waals surface area contributed by atoms with Gasteiger partial charge in [-0.25, -0.2) is 4.79 Å². The van der Waals surface area contributed by atoms with E-state index in [4.69, 9.17) is 4.74 Å². The maximum absolute atomic E-state index is 11.2. The minimum Gasteiger partial charge on any atom is -0.450 e. The van der Waals surface area contributed by atoms with Crippen LogP contribution in [0.4, 0.5) is 9.80 Å². The zero-order valence-electron chi connectivity index (χ0n) is 8.32. The highest BCUT2D eigenvalue weighted by molar-refractivity contribution is 7.22. The molecule has 1 aromatic heterocycles. The van der Waals surface area contributed by atoms with Crippen molar-refractivity contribution in [2.24, 2.45) is 0 Å². The minimum atomic E-state index is -0.399. The van der Waals surface area contributed by atoms with Crippen molar-refractivity contribution < 1.29 is 9.53 Å². The Morgan fingerprint density at radius 3 is 3.00 bits per heavy atom. The fraction of sp³-hybridized carbons (Fsp3) is 0.182. The maximum atomic E-state index is 11.2. The van der Waals surface area contributed by atoms with Crippen molar-refractivity contribution in [3.63, 3.8) is 0 Å². The third kappa shape index (κ3) is 2.27. The van der Waals surface area contributed by atoms with E-state index in [-0.39, 0.29) is 0 Å². The van der Waals surface area contributed by atoms with Crippen molar-refractivity contribution in [1.82, 2.24) is 0 Å². The number of carbonyl (C=O) groups is 1. The molecule has 1 heterocycles. The second-order valence-electron chi connectivity index (χ2n) is 2.99. The smallest absolute Gasteiger partial charge is 0.412 e. The van der Waals surface area contributed by atoms with Gasteiger partial charge in [0.05, 0.1) is 11.6 Å². The summed E-state index contributed by atoms with van der Waals surface area (Å²) in [6, 6.07) is 9.94. The number of amides is 1. The summed E-state index contributed by atoms with van der Waals surface area (Å²) in [6.45, 7) is 2.17. The molecule has 0 saturated heterocycles. The predicted molar refractivity (Wildman–Crippen MR) is 62.5 cm³/mol. The lowest BCUT2D eigenvalue weighted by Gasteiger charge is -2.00. The molecule has 0 fully saturated rings. The molecule has 15 heavy (non-hydrogen) atoms. The van der Waals surface area contributed by atoms with Crippen LogP contribution in [0.3, 0.4) is 0 Å². The summed E-state index contributed by atoms with van der Waals surface area (Å²) in [6.07, 6.45) is -0.399. The second kappa shape index (κ2) is 4.31. The Labute approximate surface area is 91.7 Å². The van der Waals surface area contributed by atoms with E-state index in [1.54, 1.807) is 6.92 Å². The van der Waals surface area contributed by atoms with E-state index in [0.29, 0.717) is 6.61 Å². The average molecular weight is 221 g/mol. The van der Waals surface area contributed by atoms with Gasteiger partial charge in [0.15, 0.2) is 0 Å². The number of nitrogens with one attached hydrogen (secondary N) is 1. The molecular formula is C11H11NO2S. The van der Waals surface area contributed by atoms with Crippen LogP contribution < -0.4 is 5.32 Å². The van der Waals surface area contributed by atoms with E-state index in [0.717, 1.165) is 15.1 Å². The molecule has 0 aliphatic rings. The van der Waals surface area contributed by atoms with Crippen LogP contribution >= 0.6 is 11.3 Å². The number of benzene rings is 1. The van der Waals surface area contributed by atoms with Gasteiger partial charge < -0.3 is 4.74 Å². The van der Waals surface area contributed by atoms with E-state index in [9.17, 15) is 4.79 Å². The molecule has 0 atom stereocenters. The van der Waals surface area contributed by atoms with Gasteiger partial charge in [0.25, 0.3) is 0 Å². The van der Waals surface area contributed by atoms with Crippen LogP contribution in [0, 0.1) is 0 Å². The summed E-state index contributed by atoms with van der Waals surface area (Å²) in [5.74, 6) is 0. The largest absolute Gasteiger partial charge is 0.450 e. The van der Waals surface area contributed by atoms with E-state index in [2.05, 4.69) is 5.32 Å². The van der Waals surface area contributed by atoms with Crippen LogP contribution in [-0.4, -0.2) is 12.7 Å². The molecule has 1 N–H and O–H groups in total. The summed E-state index contributed by atoms with van der Waals surface area (Å²) >= 11 is 1.54. The summed E-state index contributed by atoms with van der Waals surface area (Å²) in [7, 11) is 0. The average Bonchev–Trinajstić information content (AvgIpc) is 2.59. The number of rotatable bonds is 2. The number of anilines is 1. The Morgan fingerprint density at radius 2 is 2.27 bits per heavy atom. The minimum absolute atomic E-state index is 0.386. The van der Waals surface area contributed by atoms with Crippen LogP contribution in [0.1, 0.15) is 6.92 Å². The first-order valence-corrected chi connectivity index (χ1v) is 5.53. The quantitative estimate of drug-likeness (QED) is 0.843. The lowest BCUT2D eigenvalue weighted by molar-refractivity contribution is 0.168. The molecule has 1 aromatic carbocycles. The Balaban J connectivity index is 2.18. The van der Waals surface area contributed by atoms with Crippen LogP contribution in [-0.2, 0) is 4.74 Å². The highest BCUT2D eigenvalue weighted by Gasteiger charge is 2.05. The molecule has 1 amide bonds. The molecular weight excluding hydrogens is 210 g/mol. The van der Waals surface area contributed by atoms with Crippen molar-refractivity contribution in [3.8, 4) is 0 Å². The molecule has 0 aliphatic heterocycles. The molecule has 0 bridgehead atoms. The van der Waals surface area contributed by atoms with Crippen molar-refractivity contribution in [1.29, 1.82) is 0 Å². The summed E-state index contributed by atoms with van der Waals surface area (Å²) in [5, 5.41) is 4.64. The maximum Gasteiger partial charge on any atom is 0.412 e. The van der Waals surface area contributed by atoms with Gasteiger partial charge in [-0.3, -0.25) is 5.32 Å². The van der Waals surface area contributed by atoms with Crippen LogP contribution in [0.15, 0.2) is 30.3 Å². The zero-order valence-corrected chi connectivity index (χ0v) is 9.14. The molecule has 3 nitrogen and oxygen atoms in total. The van der Waals surface area contributed by atoms with Gasteiger partial charge in [-0.2, -0.15) is 0 Å². The van der Waals surface area contributed by atoms with Gasteiger partial charge in [0.1, 0.15) is 0 Å². The molecule has 0 aliphatic carbocycles. The van der Waals surface area contributed by atoms with Crippen LogP contribution in [0.2, 0.25) is 0 Å². The summed E-state index contributed by atoms with van der Waals surface area (Å²) < 4.78 is 5.96. The normalized spacial score (nSPS) is 10.2. The Bertz CT molecular complexity index is 445. The molecule has 4 heteroatoms. The zero-order chi connectivity index (χ0) is 10.7. The lowest BCUT2D eigenvalue weighted by atomic mass is 10.3. The Hall–Kier alpha value is -1.55. The fourth-order valence-corrected chi connectivity index (χ4v) is 2.26. The summed E-state index contributed by atoms with van der Waals surface area (Å²) in [4.78, 5) is 11.2. The Kier molecular flexibility index (Phi) is 2.87. The van der Waals surface area contributed by atoms with Gasteiger partial charge in [0, 0.05) is 4.70 Å². The summed E-state index contributed by atoms with van der Waals surface area (Å²) in [5.41, 5.74) is 0. The number of fused-ring (bicyclic) bond motifs is 1. The van der Waals surface area contributed by atoms with E-state index >= 15 is 0 Å². The molecule has 0 saturated carbocycles. The Morgan fingerprint density at radius 1 is 1.47 bits per heavy atom. The highest BCUT2D eigenvalue weighted by Crippen LogP contribution is 2.29. The van der Waals surface area contributed by atoms with Gasteiger partial charge in [0.2, 0.25) is 0 Å². The third-order valence-electron chi connectivity index (χ3n) is 1.93. The highest BCUT2D eigenvalue weighted by atomic mass is 32.1. The van der Waals surface area contributed by atoms with E-state index < -0.39 is 6.09 Å². The third-order valence-corrected chi connectivity index (χ3v) is 2.96. The van der Waals surface area contributed by atoms with Crippen molar-refractivity contribution in [2.75, 3.05) is 11.9 Å². The molecule has 0 unspecified atom stereocenters. The number of hydrogen-bond donors (Lipinski definition) is 1. The SMILES string of the molecule is CCOC(=O)Nc1cc2ccccc2s1. The number of carbonyl (C=O) groups excluding carboxylic acids is 1. The lowest BCUT2D eigenvalue weighted by Crippen LogP contribution is -2.12. The molecule has 2 aromatic rings.